The summed E-state index contributed by atoms with van der Waals surface area (Å²) in [4.78, 5) is 27.1. The van der Waals surface area contributed by atoms with Crippen molar-refractivity contribution in [2.75, 3.05) is 11.6 Å². The first kappa shape index (κ1) is 12.4. The lowest BCUT2D eigenvalue weighted by molar-refractivity contribution is -0.122. The zero-order chi connectivity index (χ0) is 12.4. The molecule has 1 saturated heterocycles. The van der Waals surface area contributed by atoms with Crippen molar-refractivity contribution in [3.05, 3.63) is 5.69 Å². The third-order valence-electron chi connectivity index (χ3n) is 2.48. The van der Waals surface area contributed by atoms with Crippen LogP contribution in [-0.4, -0.2) is 29.1 Å². The van der Waals surface area contributed by atoms with E-state index >= 15 is 0 Å². The van der Waals surface area contributed by atoms with Gasteiger partial charge < -0.3 is 10.6 Å². The van der Waals surface area contributed by atoms with E-state index < -0.39 is 6.04 Å². The Labute approximate surface area is 107 Å². The van der Waals surface area contributed by atoms with Crippen LogP contribution in [0, 0.1) is 6.92 Å². The molecule has 0 aliphatic carbocycles. The molecule has 17 heavy (non-hydrogen) atoms. The molecule has 1 aromatic heterocycles. The quantitative estimate of drug-likeness (QED) is 0.815. The Morgan fingerprint density at radius 3 is 2.94 bits per heavy atom. The van der Waals surface area contributed by atoms with Crippen LogP contribution in [0.5, 0.6) is 0 Å². The van der Waals surface area contributed by atoms with Gasteiger partial charge in [-0.05, 0) is 19.6 Å². The molecule has 1 atom stereocenters. The normalized spacial score (nSPS) is 19.2. The van der Waals surface area contributed by atoms with Gasteiger partial charge in [0.1, 0.15) is 6.04 Å². The highest BCUT2D eigenvalue weighted by Gasteiger charge is 2.27. The summed E-state index contributed by atoms with van der Waals surface area (Å²) in [6, 6.07) is -0.413. The summed E-state index contributed by atoms with van der Waals surface area (Å²) in [5, 5.41) is 5.97. The van der Waals surface area contributed by atoms with Crippen molar-refractivity contribution in [3.63, 3.8) is 0 Å². The third-order valence-corrected chi connectivity index (χ3v) is 4.77. The number of hydrogen-bond donors (Lipinski definition) is 2. The van der Waals surface area contributed by atoms with Gasteiger partial charge in [-0.25, -0.2) is 4.98 Å². The zero-order valence-corrected chi connectivity index (χ0v) is 11.2. The standard InChI is InChI=1S/C10H13N3O2S2/c1-5-9(16-2)17-10(11-5)13-8(15)6-3-4-7(14)12-6/h6H,3-4H2,1-2H3,(H,12,14)(H,11,13,15)/t6-/m0/s1. The SMILES string of the molecule is CSc1sc(NC(=O)[C@@H]2CCC(=O)N2)nc1C. The lowest BCUT2D eigenvalue weighted by Crippen LogP contribution is -2.37. The van der Waals surface area contributed by atoms with Gasteiger partial charge in [-0.2, -0.15) is 0 Å². The second-order valence-corrected chi connectivity index (χ2v) is 5.82. The van der Waals surface area contributed by atoms with Crippen molar-refractivity contribution in [1.82, 2.24) is 10.3 Å². The summed E-state index contributed by atoms with van der Waals surface area (Å²) >= 11 is 3.07. The summed E-state index contributed by atoms with van der Waals surface area (Å²) in [5.74, 6) is -0.248. The molecule has 1 aliphatic rings. The van der Waals surface area contributed by atoms with E-state index in [2.05, 4.69) is 15.6 Å². The molecule has 1 aromatic rings. The summed E-state index contributed by atoms with van der Waals surface area (Å²) in [6.07, 6.45) is 2.96. The Hall–Kier alpha value is -1.08. The van der Waals surface area contributed by atoms with Gasteiger partial charge in [-0.1, -0.05) is 11.3 Å². The highest BCUT2D eigenvalue weighted by molar-refractivity contribution is 8.00. The molecule has 1 aliphatic heterocycles. The molecule has 5 nitrogen and oxygen atoms in total. The van der Waals surface area contributed by atoms with Gasteiger partial charge in [0.05, 0.1) is 9.90 Å². The second kappa shape index (κ2) is 5.05. The fraction of sp³-hybridized carbons (Fsp3) is 0.500. The monoisotopic (exact) mass is 271 g/mol. The number of aryl methyl sites for hydroxylation is 1. The predicted octanol–water partition coefficient (Wildman–Crippen LogP) is 1.39. The third kappa shape index (κ3) is 2.78. The van der Waals surface area contributed by atoms with Crippen molar-refractivity contribution in [2.45, 2.75) is 30.0 Å². The van der Waals surface area contributed by atoms with Crippen LogP contribution in [0.4, 0.5) is 5.13 Å². The van der Waals surface area contributed by atoms with Crippen LogP contribution in [0.1, 0.15) is 18.5 Å². The van der Waals surface area contributed by atoms with Crippen LogP contribution in [0.25, 0.3) is 0 Å². The smallest absolute Gasteiger partial charge is 0.248 e. The Balaban J connectivity index is 2.00. The van der Waals surface area contributed by atoms with E-state index in [9.17, 15) is 9.59 Å². The van der Waals surface area contributed by atoms with Crippen molar-refractivity contribution >= 4 is 40.0 Å². The van der Waals surface area contributed by atoms with E-state index in [1.165, 1.54) is 11.3 Å². The van der Waals surface area contributed by atoms with Crippen molar-refractivity contribution in [1.29, 1.82) is 0 Å². The molecule has 0 radical (unpaired) electrons. The van der Waals surface area contributed by atoms with Gasteiger partial charge in [0, 0.05) is 6.42 Å². The molecule has 92 valence electrons. The van der Waals surface area contributed by atoms with E-state index in [0.717, 1.165) is 9.90 Å². The Morgan fingerprint density at radius 2 is 2.41 bits per heavy atom. The van der Waals surface area contributed by atoms with E-state index in [1.807, 2.05) is 13.2 Å². The van der Waals surface area contributed by atoms with Crippen LogP contribution < -0.4 is 10.6 Å². The summed E-state index contributed by atoms with van der Waals surface area (Å²) in [5.41, 5.74) is 0.924. The minimum absolute atomic E-state index is 0.0646. The minimum atomic E-state index is -0.413. The van der Waals surface area contributed by atoms with Gasteiger partial charge in [0.15, 0.2) is 5.13 Å². The number of hydrogen-bond acceptors (Lipinski definition) is 5. The second-order valence-electron chi connectivity index (χ2n) is 3.74. The number of carbonyl (C=O) groups is 2. The maximum absolute atomic E-state index is 11.8. The molecule has 2 rings (SSSR count). The first-order valence-electron chi connectivity index (χ1n) is 5.22. The summed E-state index contributed by atoms with van der Waals surface area (Å²) < 4.78 is 1.09. The first-order chi connectivity index (χ1) is 8.10. The highest BCUT2D eigenvalue weighted by Crippen LogP contribution is 2.30. The Morgan fingerprint density at radius 1 is 1.65 bits per heavy atom. The number of thioether (sulfide) groups is 1. The molecule has 0 unspecified atom stereocenters. The molecular formula is C10H13N3O2S2. The first-order valence-corrected chi connectivity index (χ1v) is 7.26. The van der Waals surface area contributed by atoms with Crippen LogP contribution >= 0.6 is 23.1 Å². The van der Waals surface area contributed by atoms with Gasteiger partial charge in [0.25, 0.3) is 0 Å². The average Bonchev–Trinajstić information content (AvgIpc) is 2.85. The molecule has 2 N–H and O–H groups in total. The molecule has 1 fully saturated rings. The van der Waals surface area contributed by atoms with Crippen LogP contribution in [0.15, 0.2) is 4.21 Å². The van der Waals surface area contributed by atoms with Gasteiger partial charge in [0.2, 0.25) is 11.8 Å². The number of anilines is 1. The lowest BCUT2D eigenvalue weighted by Gasteiger charge is -2.08. The van der Waals surface area contributed by atoms with Crippen LogP contribution in [0.3, 0.4) is 0 Å². The topological polar surface area (TPSA) is 71.1 Å². The minimum Gasteiger partial charge on any atom is -0.344 e. The molecule has 0 bridgehead atoms. The number of nitrogens with zero attached hydrogens (tertiary/aromatic N) is 1. The maximum atomic E-state index is 11.8. The molecule has 2 amide bonds. The van der Waals surface area contributed by atoms with E-state index in [4.69, 9.17) is 0 Å². The fourth-order valence-corrected chi connectivity index (χ4v) is 3.24. The van der Waals surface area contributed by atoms with Gasteiger partial charge in [-0.3, -0.25) is 9.59 Å². The maximum Gasteiger partial charge on any atom is 0.248 e. The van der Waals surface area contributed by atoms with Crippen molar-refractivity contribution < 1.29 is 9.59 Å². The van der Waals surface area contributed by atoms with Crippen molar-refractivity contribution in [3.8, 4) is 0 Å². The van der Waals surface area contributed by atoms with E-state index in [0.29, 0.717) is 18.0 Å². The highest BCUT2D eigenvalue weighted by atomic mass is 32.2. The fourth-order valence-electron chi connectivity index (χ4n) is 1.63. The summed E-state index contributed by atoms with van der Waals surface area (Å²) in [7, 11) is 0. The predicted molar refractivity (Wildman–Crippen MR) is 68.4 cm³/mol. The molecule has 0 spiro atoms. The average molecular weight is 271 g/mol. The number of aromatic nitrogens is 1. The number of rotatable bonds is 3. The lowest BCUT2D eigenvalue weighted by atomic mass is 10.2. The van der Waals surface area contributed by atoms with Crippen molar-refractivity contribution in [2.24, 2.45) is 0 Å². The number of amides is 2. The molecule has 2 heterocycles. The van der Waals surface area contributed by atoms with Crippen LogP contribution in [-0.2, 0) is 9.59 Å². The summed E-state index contributed by atoms with van der Waals surface area (Å²) in [6.45, 7) is 1.91. The van der Waals surface area contributed by atoms with E-state index in [1.54, 1.807) is 11.8 Å². The molecule has 7 heteroatoms. The van der Waals surface area contributed by atoms with Gasteiger partial charge >= 0.3 is 0 Å². The van der Waals surface area contributed by atoms with Crippen LogP contribution in [0.2, 0.25) is 0 Å². The molecule has 0 saturated carbocycles. The zero-order valence-electron chi connectivity index (χ0n) is 9.57. The number of nitrogens with one attached hydrogen (secondary N) is 2. The van der Waals surface area contributed by atoms with E-state index in [-0.39, 0.29) is 11.8 Å². The molecular weight excluding hydrogens is 258 g/mol. The Bertz CT molecular complexity index is 458. The largest absolute Gasteiger partial charge is 0.344 e. The number of carbonyl (C=O) groups excluding carboxylic acids is 2. The Kier molecular flexibility index (Phi) is 3.68. The number of thiazole rings is 1. The molecule has 0 aromatic carbocycles. The van der Waals surface area contributed by atoms with Gasteiger partial charge in [-0.15, -0.1) is 11.8 Å².